The molecule has 1 aromatic carbocycles. The Hall–Kier alpha value is -1.87. The number of non-ortho nitro benzene ring substituents is 1. The van der Waals surface area contributed by atoms with E-state index < -0.39 is 10.5 Å². The molecule has 1 saturated heterocycles. The first-order valence-electron chi connectivity index (χ1n) is 7.91. The Bertz CT molecular complexity index is 815. The molecule has 1 aliphatic rings. The van der Waals surface area contributed by atoms with Gasteiger partial charge in [-0.25, -0.2) is 9.78 Å². The van der Waals surface area contributed by atoms with E-state index in [1.54, 1.807) is 22.7 Å². The predicted octanol–water partition coefficient (Wildman–Crippen LogP) is 4.31. The molecule has 1 amide bonds. The van der Waals surface area contributed by atoms with E-state index >= 15 is 0 Å². The van der Waals surface area contributed by atoms with Crippen LogP contribution in [0.15, 0.2) is 22.5 Å². The average molecular weight is 381 g/mol. The van der Waals surface area contributed by atoms with E-state index in [1.807, 2.05) is 20.8 Å². The van der Waals surface area contributed by atoms with Crippen LogP contribution in [0.2, 0.25) is 0 Å². The number of benzene rings is 1. The number of nitrogens with zero attached hydrogens (tertiary/aromatic N) is 3. The van der Waals surface area contributed by atoms with E-state index in [-0.39, 0.29) is 17.0 Å². The number of carbonyl (C=O) groups is 1. The summed E-state index contributed by atoms with van der Waals surface area (Å²) in [6.45, 7) is 6.85. The molecule has 0 saturated carbocycles. The van der Waals surface area contributed by atoms with Crippen LogP contribution in [0.3, 0.4) is 0 Å². The molecule has 0 bridgehead atoms. The van der Waals surface area contributed by atoms with Gasteiger partial charge < -0.3 is 9.64 Å². The van der Waals surface area contributed by atoms with E-state index in [4.69, 9.17) is 4.74 Å². The first-order chi connectivity index (χ1) is 11.7. The van der Waals surface area contributed by atoms with Gasteiger partial charge in [0, 0.05) is 30.5 Å². The molecule has 3 rings (SSSR count). The Balaban J connectivity index is 1.64. The molecule has 0 unspecified atom stereocenters. The van der Waals surface area contributed by atoms with Crippen molar-refractivity contribution in [1.29, 1.82) is 0 Å². The first kappa shape index (κ1) is 17.9. The predicted molar refractivity (Wildman–Crippen MR) is 98.3 cm³/mol. The molecule has 2 heterocycles. The van der Waals surface area contributed by atoms with Crippen molar-refractivity contribution in [1.82, 2.24) is 9.88 Å². The second kappa shape index (κ2) is 6.80. The van der Waals surface area contributed by atoms with Crippen LogP contribution in [-0.4, -0.2) is 44.8 Å². The molecule has 0 spiro atoms. The van der Waals surface area contributed by atoms with E-state index in [1.165, 1.54) is 23.5 Å². The lowest BCUT2D eigenvalue weighted by molar-refractivity contribution is -0.384. The maximum Gasteiger partial charge on any atom is 0.410 e. The molecule has 0 radical (unpaired) electrons. The number of thiazole rings is 1. The molecular formula is C16H19N3O4S2. The van der Waals surface area contributed by atoms with Crippen LogP contribution in [0.5, 0.6) is 0 Å². The maximum atomic E-state index is 12.1. The normalized spacial score (nSPS) is 17.9. The summed E-state index contributed by atoms with van der Waals surface area (Å²) in [4.78, 5) is 28.8. The van der Waals surface area contributed by atoms with Crippen LogP contribution in [0.1, 0.15) is 27.2 Å². The van der Waals surface area contributed by atoms with Crippen LogP contribution in [-0.2, 0) is 4.74 Å². The number of amides is 1. The summed E-state index contributed by atoms with van der Waals surface area (Å²) in [6.07, 6.45) is 0.593. The lowest BCUT2D eigenvalue weighted by Gasteiger charge is -2.24. The van der Waals surface area contributed by atoms with Crippen LogP contribution in [0, 0.1) is 10.1 Å². The molecule has 25 heavy (non-hydrogen) atoms. The summed E-state index contributed by atoms with van der Waals surface area (Å²) in [6, 6.07) is 4.73. The van der Waals surface area contributed by atoms with Crippen molar-refractivity contribution in [2.24, 2.45) is 0 Å². The van der Waals surface area contributed by atoms with E-state index in [0.717, 1.165) is 15.5 Å². The third-order valence-corrected chi connectivity index (χ3v) is 6.01. The minimum Gasteiger partial charge on any atom is -0.444 e. The second-order valence-corrected chi connectivity index (χ2v) is 9.42. The van der Waals surface area contributed by atoms with Crippen LogP contribution in [0.4, 0.5) is 10.5 Å². The number of hydrogen-bond acceptors (Lipinski definition) is 7. The minimum atomic E-state index is -0.496. The molecule has 0 aliphatic carbocycles. The summed E-state index contributed by atoms with van der Waals surface area (Å²) in [5.74, 6) is 0. The van der Waals surface area contributed by atoms with Gasteiger partial charge in [-0.15, -0.1) is 11.3 Å². The maximum absolute atomic E-state index is 12.1. The summed E-state index contributed by atoms with van der Waals surface area (Å²) in [5, 5.41) is 11.1. The highest BCUT2D eigenvalue weighted by atomic mass is 32.2. The van der Waals surface area contributed by atoms with Crippen molar-refractivity contribution in [2.75, 3.05) is 13.1 Å². The minimum absolute atomic E-state index is 0.0475. The molecule has 7 nitrogen and oxygen atoms in total. The van der Waals surface area contributed by atoms with Crippen LogP contribution in [0.25, 0.3) is 10.2 Å². The molecule has 9 heteroatoms. The summed E-state index contributed by atoms with van der Waals surface area (Å²) in [7, 11) is 0. The number of nitro groups is 1. The number of likely N-dealkylation sites (tertiary alicyclic amines) is 1. The van der Waals surface area contributed by atoms with Gasteiger partial charge in [-0.3, -0.25) is 10.1 Å². The van der Waals surface area contributed by atoms with Gasteiger partial charge in [-0.1, -0.05) is 11.8 Å². The fraction of sp³-hybridized carbons (Fsp3) is 0.500. The zero-order chi connectivity index (χ0) is 18.2. The number of hydrogen-bond donors (Lipinski definition) is 0. The van der Waals surface area contributed by atoms with Gasteiger partial charge in [0.1, 0.15) is 5.60 Å². The Morgan fingerprint density at radius 2 is 2.24 bits per heavy atom. The zero-order valence-corrected chi connectivity index (χ0v) is 15.9. The number of nitro benzene ring substituents is 1. The third kappa shape index (κ3) is 4.40. The molecule has 134 valence electrons. The van der Waals surface area contributed by atoms with Crippen molar-refractivity contribution in [3.63, 3.8) is 0 Å². The van der Waals surface area contributed by atoms with Gasteiger partial charge in [0.15, 0.2) is 4.34 Å². The summed E-state index contributed by atoms with van der Waals surface area (Å²) in [5.41, 5.74) is 0.194. The monoisotopic (exact) mass is 381 g/mol. The zero-order valence-electron chi connectivity index (χ0n) is 14.2. The lowest BCUT2D eigenvalue weighted by Crippen LogP contribution is -2.35. The summed E-state index contributed by atoms with van der Waals surface area (Å²) >= 11 is 3.14. The molecule has 0 N–H and O–H groups in total. The smallest absolute Gasteiger partial charge is 0.410 e. The molecule has 1 aromatic heterocycles. The summed E-state index contributed by atoms with van der Waals surface area (Å²) < 4.78 is 7.20. The standard InChI is InChI=1S/C16H19N3O4S2/c1-16(2,3)23-15(20)18-7-6-11(9-18)24-14-17-12-8-10(19(21)22)4-5-13(12)25-14/h4-5,8,11H,6-7,9H2,1-3H3/t11-/m1/s1. The van der Waals surface area contributed by atoms with E-state index in [9.17, 15) is 14.9 Å². The van der Waals surface area contributed by atoms with Crippen LogP contribution >= 0.6 is 23.1 Å². The Morgan fingerprint density at radius 3 is 2.92 bits per heavy atom. The fourth-order valence-electron chi connectivity index (χ4n) is 2.52. The molecule has 2 aromatic rings. The van der Waals surface area contributed by atoms with Gasteiger partial charge in [-0.05, 0) is 33.3 Å². The van der Waals surface area contributed by atoms with Crippen LogP contribution < -0.4 is 0 Å². The number of fused-ring (bicyclic) bond motifs is 1. The molecule has 1 atom stereocenters. The van der Waals surface area contributed by atoms with E-state index in [2.05, 4.69) is 4.98 Å². The van der Waals surface area contributed by atoms with Crippen molar-refractivity contribution in [3.8, 4) is 0 Å². The number of carbonyl (C=O) groups excluding carboxylic acids is 1. The highest BCUT2D eigenvalue weighted by molar-refractivity contribution is 8.01. The Morgan fingerprint density at radius 1 is 1.48 bits per heavy atom. The number of ether oxygens (including phenoxy) is 1. The largest absolute Gasteiger partial charge is 0.444 e. The lowest BCUT2D eigenvalue weighted by atomic mass is 10.2. The second-order valence-electron chi connectivity index (χ2n) is 6.84. The Kier molecular flexibility index (Phi) is 4.88. The first-order valence-corrected chi connectivity index (χ1v) is 9.60. The highest BCUT2D eigenvalue weighted by Gasteiger charge is 2.30. The highest BCUT2D eigenvalue weighted by Crippen LogP contribution is 2.36. The van der Waals surface area contributed by atoms with Gasteiger partial charge in [-0.2, -0.15) is 0 Å². The molecule has 1 fully saturated rings. The SMILES string of the molecule is CC(C)(C)OC(=O)N1CC[C@@H](Sc2nc3cc([N+](=O)[O-])ccc3s2)C1. The quantitative estimate of drug-likeness (QED) is 0.582. The molecular weight excluding hydrogens is 362 g/mol. The van der Waals surface area contributed by atoms with Crippen molar-refractivity contribution in [2.45, 2.75) is 42.4 Å². The number of aromatic nitrogens is 1. The van der Waals surface area contributed by atoms with Gasteiger partial charge in [0.25, 0.3) is 5.69 Å². The fourth-order valence-corrected chi connectivity index (χ4v) is 4.98. The van der Waals surface area contributed by atoms with Gasteiger partial charge in [0.2, 0.25) is 0 Å². The van der Waals surface area contributed by atoms with Gasteiger partial charge in [0.05, 0.1) is 15.1 Å². The third-order valence-electron chi connectivity index (χ3n) is 3.63. The number of thioether (sulfide) groups is 1. The average Bonchev–Trinajstić information content (AvgIpc) is 3.11. The van der Waals surface area contributed by atoms with Crippen molar-refractivity contribution in [3.05, 3.63) is 28.3 Å². The molecule has 1 aliphatic heterocycles. The number of rotatable bonds is 3. The van der Waals surface area contributed by atoms with Crippen molar-refractivity contribution < 1.29 is 14.5 Å². The van der Waals surface area contributed by atoms with E-state index in [0.29, 0.717) is 18.6 Å². The van der Waals surface area contributed by atoms with Crippen molar-refractivity contribution >= 4 is 45.1 Å². The Labute approximate surface area is 153 Å². The topological polar surface area (TPSA) is 85.6 Å². The van der Waals surface area contributed by atoms with Gasteiger partial charge >= 0.3 is 6.09 Å².